The monoisotopic (exact) mass is 386 g/mol. The zero-order valence-corrected chi connectivity index (χ0v) is 16.1. The van der Waals surface area contributed by atoms with Gasteiger partial charge in [0, 0.05) is 22.7 Å². The third-order valence-corrected chi connectivity index (χ3v) is 4.76. The number of carbonyl (C=O) groups is 3. The van der Waals surface area contributed by atoms with Crippen LogP contribution in [0.2, 0.25) is 0 Å². The summed E-state index contributed by atoms with van der Waals surface area (Å²) < 4.78 is 0. The standard InChI is InChI=1S/C20H22N2O4S/c1-3-4-18(23)21-15-7-9-16(10-8-15)27-12-19(24)22-17-11-14(20(25)26)6-5-13(17)2/h5-11H,3-4,12H2,1-2H3,(H,21,23)(H,22,24)(H,25,26). The van der Waals surface area contributed by atoms with E-state index in [2.05, 4.69) is 10.6 Å². The summed E-state index contributed by atoms with van der Waals surface area (Å²) in [6, 6.07) is 11.9. The molecule has 6 nitrogen and oxygen atoms in total. The van der Waals surface area contributed by atoms with Gasteiger partial charge in [0.1, 0.15) is 0 Å². The maximum absolute atomic E-state index is 12.2. The van der Waals surface area contributed by atoms with Crippen molar-refractivity contribution in [1.29, 1.82) is 0 Å². The molecule has 0 saturated heterocycles. The molecule has 0 atom stereocenters. The van der Waals surface area contributed by atoms with Crippen molar-refractivity contribution in [3.05, 3.63) is 53.6 Å². The van der Waals surface area contributed by atoms with Gasteiger partial charge >= 0.3 is 5.97 Å². The van der Waals surface area contributed by atoms with Gasteiger partial charge in [0.05, 0.1) is 11.3 Å². The van der Waals surface area contributed by atoms with E-state index in [4.69, 9.17) is 5.11 Å². The van der Waals surface area contributed by atoms with Crippen LogP contribution in [-0.2, 0) is 9.59 Å². The van der Waals surface area contributed by atoms with E-state index < -0.39 is 5.97 Å². The van der Waals surface area contributed by atoms with Crippen molar-refractivity contribution in [2.45, 2.75) is 31.6 Å². The average molecular weight is 386 g/mol. The highest BCUT2D eigenvalue weighted by Gasteiger charge is 2.10. The predicted octanol–water partition coefficient (Wildman–Crippen LogP) is 4.16. The molecule has 0 aliphatic rings. The van der Waals surface area contributed by atoms with E-state index in [9.17, 15) is 14.4 Å². The molecule has 2 aromatic carbocycles. The van der Waals surface area contributed by atoms with E-state index in [1.165, 1.54) is 23.9 Å². The Morgan fingerprint density at radius 2 is 1.70 bits per heavy atom. The van der Waals surface area contributed by atoms with Crippen molar-refractivity contribution in [2.24, 2.45) is 0 Å². The topological polar surface area (TPSA) is 95.5 Å². The molecule has 0 fully saturated rings. The summed E-state index contributed by atoms with van der Waals surface area (Å²) in [5.74, 6) is -1.08. The molecule has 0 bridgehead atoms. The number of amides is 2. The van der Waals surface area contributed by atoms with Gasteiger partial charge in [-0.05, 0) is 55.3 Å². The van der Waals surface area contributed by atoms with Crippen LogP contribution in [0.3, 0.4) is 0 Å². The molecule has 0 spiro atoms. The van der Waals surface area contributed by atoms with Gasteiger partial charge in [0.2, 0.25) is 11.8 Å². The first-order valence-electron chi connectivity index (χ1n) is 8.55. The Balaban J connectivity index is 1.89. The number of anilines is 2. The van der Waals surface area contributed by atoms with Crippen molar-refractivity contribution in [1.82, 2.24) is 0 Å². The zero-order chi connectivity index (χ0) is 19.8. The minimum absolute atomic E-state index is 0.0174. The van der Waals surface area contributed by atoms with Crippen molar-refractivity contribution < 1.29 is 19.5 Å². The van der Waals surface area contributed by atoms with Crippen LogP contribution in [-0.4, -0.2) is 28.6 Å². The first-order chi connectivity index (χ1) is 12.9. The van der Waals surface area contributed by atoms with Crippen molar-refractivity contribution in [3.63, 3.8) is 0 Å². The molecule has 7 heteroatoms. The number of thioether (sulfide) groups is 1. The summed E-state index contributed by atoms with van der Waals surface area (Å²) in [6.45, 7) is 3.75. The first kappa shape index (κ1) is 20.5. The molecule has 2 amide bonds. The molecular weight excluding hydrogens is 364 g/mol. The average Bonchev–Trinajstić information content (AvgIpc) is 2.63. The third-order valence-electron chi connectivity index (χ3n) is 3.74. The minimum atomic E-state index is -1.04. The maximum atomic E-state index is 12.2. The second kappa shape index (κ2) is 9.78. The number of benzene rings is 2. The Hall–Kier alpha value is -2.80. The molecular formula is C20H22N2O4S. The number of carboxylic acid groups (broad SMARTS) is 1. The number of rotatable bonds is 8. The van der Waals surface area contributed by atoms with Crippen LogP contribution in [0.25, 0.3) is 0 Å². The van der Waals surface area contributed by atoms with Crippen LogP contribution in [0.1, 0.15) is 35.7 Å². The van der Waals surface area contributed by atoms with E-state index in [-0.39, 0.29) is 23.1 Å². The zero-order valence-electron chi connectivity index (χ0n) is 15.2. The lowest BCUT2D eigenvalue weighted by molar-refractivity contribution is -0.116. The fourth-order valence-electron chi connectivity index (χ4n) is 2.31. The number of nitrogens with one attached hydrogen (secondary N) is 2. The molecule has 0 aromatic heterocycles. The summed E-state index contributed by atoms with van der Waals surface area (Å²) in [6.07, 6.45) is 1.28. The lowest BCUT2D eigenvalue weighted by atomic mass is 10.1. The van der Waals surface area contributed by atoms with Crippen LogP contribution >= 0.6 is 11.8 Å². The predicted molar refractivity (Wildman–Crippen MR) is 107 cm³/mol. The molecule has 0 radical (unpaired) electrons. The number of hydrogen-bond donors (Lipinski definition) is 3. The fraction of sp³-hybridized carbons (Fsp3) is 0.250. The number of aromatic carboxylic acids is 1. The van der Waals surface area contributed by atoms with Gasteiger partial charge in [-0.1, -0.05) is 13.0 Å². The molecule has 0 heterocycles. The highest BCUT2D eigenvalue weighted by molar-refractivity contribution is 8.00. The summed E-state index contributed by atoms with van der Waals surface area (Å²) in [5, 5.41) is 14.6. The number of carboxylic acids is 1. The van der Waals surface area contributed by atoms with E-state index in [1.807, 2.05) is 19.1 Å². The van der Waals surface area contributed by atoms with Gasteiger partial charge in [-0.15, -0.1) is 11.8 Å². The molecule has 0 aliphatic carbocycles. The molecule has 3 N–H and O–H groups in total. The summed E-state index contributed by atoms with van der Waals surface area (Å²) in [7, 11) is 0. The third kappa shape index (κ3) is 6.45. The van der Waals surface area contributed by atoms with Gasteiger partial charge in [-0.2, -0.15) is 0 Å². The highest BCUT2D eigenvalue weighted by Crippen LogP contribution is 2.22. The van der Waals surface area contributed by atoms with E-state index in [0.29, 0.717) is 12.1 Å². The second-order valence-corrected chi connectivity index (χ2v) is 7.04. The van der Waals surface area contributed by atoms with Gasteiger partial charge < -0.3 is 15.7 Å². The van der Waals surface area contributed by atoms with Crippen molar-refractivity contribution in [2.75, 3.05) is 16.4 Å². The lowest BCUT2D eigenvalue weighted by Gasteiger charge is -2.10. The van der Waals surface area contributed by atoms with E-state index in [1.54, 1.807) is 25.1 Å². The molecule has 142 valence electrons. The van der Waals surface area contributed by atoms with E-state index >= 15 is 0 Å². The molecule has 2 rings (SSSR count). The number of carbonyl (C=O) groups excluding carboxylic acids is 2. The smallest absolute Gasteiger partial charge is 0.335 e. The molecule has 0 unspecified atom stereocenters. The van der Waals surface area contributed by atoms with Crippen LogP contribution in [0.15, 0.2) is 47.4 Å². The molecule has 27 heavy (non-hydrogen) atoms. The van der Waals surface area contributed by atoms with Gasteiger partial charge in [-0.3, -0.25) is 9.59 Å². The van der Waals surface area contributed by atoms with Crippen LogP contribution in [0.4, 0.5) is 11.4 Å². The molecule has 0 saturated carbocycles. The highest BCUT2D eigenvalue weighted by atomic mass is 32.2. The van der Waals surface area contributed by atoms with Crippen molar-refractivity contribution >= 4 is 40.9 Å². The van der Waals surface area contributed by atoms with Crippen molar-refractivity contribution in [3.8, 4) is 0 Å². The largest absolute Gasteiger partial charge is 0.478 e. The summed E-state index contributed by atoms with van der Waals surface area (Å²) >= 11 is 1.36. The maximum Gasteiger partial charge on any atom is 0.335 e. The Bertz CT molecular complexity index is 834. The SMILES string of the molecule is CCCC(=O)Nc1ccc(SCC(=O)Nc2cc(C(=O)O)ccc2C)cc1. The van der Waals surface area contributed by atoms with Gasteiger partial charge in [-0.25, -0.2) is 4.79 Å². The lowest BCUT2D eigenvalue weighted by Crippen LogP contribution is -2.15. The van der Waals surface area contributed by atoms with Gasteiger partial charge in [0.15, 0.2) is 0 Å². The van der Waals surface area contributed by atoms with Crippen LogP contribution in [0, 0.1) is 6.92 Å². The minimum Gasteiger partial charge on any atom is -0.478 e. The fourth-order valence-corrected chi connectivity index (χ4v) is 3.01. The Labute approximate surface area is 162 Å². The van der Waals surface area contributed by atoms with Gasteiger partial charge in [0.25, 0.3) is 0 Å². The summed E-state index contributed by atoms with van der Waals surface area (Å²) in [4.78, 5) is 35.7. The van der Waals surface area contributed by atoms with Crippen LogP contribution < -0.4 is 10.6 Å². The Kier molecular flexibility index (Phi) is 7.43. The normalized spacial score (nSPS) is 10.3. The van der Waals surface area contributed by atoms with E-state index in [0.717, 1.165) is 22.6 Å². The van der Waals surface area contributed by atoms with Crippen LogP contribution in [0.5, 0.6) is 0 Å². The molecule has 0 aliphatic heterocycles. The second-order valence-electron chi connectivity index (χ2n) is 5.99. The summed E-state index contributed by atoms with van der Waals surface area (Å²) in [5.41, 5.74) is 2.15. The first-order valence-corrected chi connectivity index (χ1v) is 9.54. The Morgan fingerprint density at radius 3 is 2.33 bits per heavy atom. The molecule has 2 aromatic rings. The Morgan fingerprint density at radius 1 is 1.00 bits per heavy atom. The number of aryl methyl sites for hydroxylation is 1. The quantitative estimate of drug-likeness (QED) is 0.592. The number of hydrogen-bond acceptors (Lipinski definition) is 4.